The van der Waals surface area contributed by atoms with E-state index in [1.54, 1.807) is 7.11 Å². The van der Waals surface area contributed by atoms with Crippen molar-refractivity contribution in [2.75, 3.05) is 25.6 Å². The summed E-state index contributed by atoms with van der Waals surface area (Å²) in [6, 6.07) is 7.49. The van der Waals surface area contributed by atoms with Gasteiger partial charge < -0.3 is 19.1 Å². The first kappa shape index (κ1) is 19.0. The lowest BCUT2D eigenvalue weighted by atomic mass is 9.96. The molecule has 0 saturated heterocycles. The maximum Gasteiger partial charge on any atom is 0.353 e. The predicted octanol–water partition coefficient (Wildman–Crippen LogP) is 4.75. The van der Waals surface area contributed by atoms with Crippen LogP contribution in [0.25, 0.3) is 0 Å². The van der Waals surface area contributed by atoms with Crippen LogP contribution >= 0.6 is 7.60 Å². The molecule has 0 heterocycles. The van der Waals surface area contributed by atoms with Crippen molar-refractivity contribution in [3.63, 3.8) is 0 Å². The van der Waals surface area contributed by atoms with Gasteiger partial charge in [-0.3, -0.25) is 4.57 Å². The van der Waals surface area contributed by atoms with Crippen LogP contribution in [0.5, 0.6) is 5.75 Å². The van der Waals surface area contributed by atoms with Crippen LogP contribution < -0.4 is 10.1 Å². The number of anilines is 1. The summed E-state index contributed by atoms with van der Waals surface area (Å²) in [6.45, 7) is 10.4. The van der Waals surface area contributed by atoms with Gasteiger partial charge in [-0.15, -0.1) is 0 Å². The molecule has 1 atom stereocenters. The van der Waals surface area contributed by atoms with Crippen molar-refractivity contribution in [2.24, 2.45) is 5.41 Å². The summed E-state index contributed by atoms with van der Waals surface area (Å²) in [5, 5.41) is 3.31. The van der Waals surface area contributed by atoms with E-state index in [2.05, 4.69) is 5.32 Å². The maximum absolute atomic E-state index is 13.2. The minimum absolute atomic E-state index is 0.306. The third-order valence-corrected chi connectivity index (χ3v) is 5.92. The van der Waals surface area contributed by atoms with Crippen LogP contribution in [0.2, 0.25) is 0 Å². The van der Waals surface area contributed by atoms with Gasteiger partial charge in [-0.1, -0.05) is 20.8 Å². The second-order valence-electron chi connectivity index (χ2n) is 6.02. The quantitative estimate of drug-likeness (QED) is 0.698. The van der Waals surface area contributed by atoms with Crippen molar-refractivity contribution < 1.29 is 18.3 Å². The molecule has 0 aliphatic carbocycles. The maximum atomic E-state index is 13.2. The molecule has 1 unspecified atom stereocenters. The molecule has 0 spiro atoms. The highest BCUT2D eigenvalue weighted by Crippen LogP contribution is 2.58. The Morgan fingerprint density at radius 1 is 1.09 bits per heavy atom. The first-order valence-corrected chi connectivity index (χ1v) is 9.17. The molecule has 6 heteroatoms. The van der Waals surface area contributed by atoms with E-state index in [4.69, 9.17) is 13.8 Å². The van der Waals surface area contributed by atoms with Gasteiger partial charge in [-0.2, -0.15) is 0 Å². The van der Waals surface area contributed by atoms with Gasteiger partial charge >= 0.3 is 7.60 Å². The summed E-state index contributed by atoms with van der Waals surface area (Å²) >= 11 is 0. The molecule has 0 amide bonds. The highest BCUT2D eigenvalue weighted by molar-refractivity contribution is 7.54. The summed E-state index contributed by atoms with van der Waals surface area (Å²) in [4.78, 5) is 0. The van der Waals surface area contributed by atoms with Crippen molar-refractivity contribution in [1.29, 1.82) is 0 Å². The lowest BCUT2D eigenvalue weighted by Crippen LogP contribution is -2.35. The highest BCUT2D eigenvalue weighted by atomic mass is 31.2. The highest BCUT2D eigenvalue weighted by Gasteiger charge is 2.43. The van der Waals surface area contributed by atoms with E-state index in [0.717, 1.165) is 11.4 Å². The number of rotatable bonds is 8. The van der Waals surface area contributed by atoms with E-state index < -0.39 is 13.4 Å². The second-order valence-corrected chi connectivity index (χ2v) is 8.13. The average Bonchev–Trinajstić information content (AvgIpc) is 2.44. The summed E-state index contributed by atoms with van der Waals surface area (Å²) in [5.41, 5.74) is 0.542. The minimum Gasteiger partial charge on any atom is -0.497 e. The molecule has 0 aliphatic rings. The van der Waals surface area contributed by atoms with Crippen molar-refractivity contribution in [3.8, 4) is 5.75 Å². The fraction of sp³-hybridized carbons (Fsp3) is 0.625. The lowest BCUT2D eigenvalue weighted by Gasteiger charge is -2.36. The third-order valence-electron chi connectivity index (χ3n) is 3.15. The van der Waals surface area contributed by atoms with Crippen molar-refractivity contribution in [3.05, 3.63) is 24.3 Å². The number of hydrogen-bond acceptors (Lipinski definition) is 5. The van der Waals surface area contributed by atoms with Crippen LogP contribution in [0.3, 0.4) is 0 Å². The second kappa shape index (κ2) is 8.00. The van der Waals surface area contributed by atoms with Crippen LogP contribution in [0.15, 0.2) is 24.3 Å². The summed E-state index contributed by atoms with van der Waals surface area (Å²) in [6.07, 6.45) is 0. The molecule has 1 N–H and O–H groups in total. The number of hydrogen-bond donors (Lipinski definition) is 1. The van der Waals surface area contributed by atoms with Gasteiger partial charge in [0.1, 0.15) is 11.5 Å². The fourth-order valence-corrected chi connectivity index (χ4v) is 4.51. The molecule has 0 fully saturated rings. The Balaban J connectivity index is 3.08. The molecular formula is C16H28NO4P. The largest absolute Gasteiger partial charge is 0.497 e. The van der Waals surface area contributed by atoms with Crippen molar-refractivity contribution in [2.45, 2.75) is 40.4 Å². The lowest BCUT2D eigenvalue weighted by molar-refractivity contribution is 0.197. The van der Waals surface area contributed by atoms with Gasteiger partial charge in [-0.05, 0) is 43.5 Å². The minimum atomic E-state index is -3.28. The Morgan fingerprint density at radius 2 is 1.59 bits per heavy atom. The molecule has 0 aliphatic heterocycles. The van der Waals surface area contributed by atoms with Gasteiger partial charge in [0.25, 0.3) is 0 Å². The number of methoxy groups -OCH3 is 1. The van der Waals surface area contributed by atoms with Gasteiger partial charge in [0, 0.05) is 5.69 Å². The molecule has 126 valence electrons. The zero-order valence-corrected chi connectivity index (χ0v) is 15.3. The monoisotopic (exact) mass is 329 g/mol. The number of benzene rings is 1. The van der Waals surface area contributed by atoms with E-state index in [1.165, 1.54) is 0 Å². The fourth-order valence-electron chi connectivity index (χ4n) is 2.16. The van der Waals surface area contributed by atoms with Crippen LogP contribution in [0, 0.1) is 5.41 Å². The molecule has 0 aromatic heterocycles. The van der Waals surface area contributed by atoms with Crippen molar-refractivity contribution >= 4 is 13.3 Å². The smallest absolute Gasteiger partial charge is 0.353 e. The Bertz CT molecular complexity index is 486. The Hall–Kier alpha value is -1.03. The van der Waals surface area contributed by atoms with Crippen molar-refractivity contribution in [1.82, 2.24) is 0 Å². The van der Waals surface area contributed by atoms with E-state index in [9.17, 15) is 4.57 Å². The predicted molar refractivity (Wildman–Crippen MR) is 90.7 cm³/mol. The first-order valence-electron chi connectivity index (χ1n) is 7.56. The third kappa shape index (κ3) is 5.01. The summed E-state index contributed by atoms with van der Waals surface area (Å²) in [7, 11) is -1.65. The van der Waals surface area contributed by atoms with Crippen LogP contribution in [0.4, 0.5) is 5.69 Å². The molecule has 0 radical (unpaired) electrons. The first-order chi connectivity index (χ1) is 10.3. The zero-order valence-electron chi connectivity index (χ0n) is 14.4. The van der Waals surface area contributed by atoms with Crippen LogP contribution in [-0.2, 0) is 13.6 Å². The normalized spacial score (nSPS) is 13.7. The Labute approximate surface area is 133 Å². The van der Waals surface area contributed by atoms with E-state index >= 15 is 0 Å². The van der Waals surface area contributed by atoms with Gasteiger partial charge in [0.15, 0.2) is 0 Å². The number of nitrogens with one attached hydrogen (secondary N) is 1. The van der Waals surface area contributed by atoms with E-state index in [-0.39, 0.29) is 5.41 Å². The van der Waals surface area contributed by atoms with Crippen LogP contribution in [-0.4, -0.2) is 26.1 Å². The summed E-state index contributed by atoms with van der Waals surface area (Å²) < 4.78 is 29.4. The van der Waals surface area contributed by atoms with Gasteiger partial charge in [-0.25, -0.2) is 0 Å². The topological polar surface area (TPSA) is 56.8 Å². The van der Waals surface area contributed by atoms with E-state index in [0.29, 0.717) is 13.2 Å². The molecule has 1 rings (SSSR count). The molecule has 1 aromatic carbocycles. The van der Waals surface area contributed by atoms with E-state index in [1.807, 2.05) is 58.9 Å². The number of ether oxygens (including phenoxy) is 1. The van der Waals surface area contributed by atoms with Gasteiger partial charge in [0.05, 0.1) is 20.3 Å². The zero-order chi connectivity index (χ0) is 16.8. The van der Waals surface area contributed by atoms with Gasteiger partial charge in [0.2, 0.25) is 0 Å². The summed E-state index contributed by atoms with van der Waals surface area (Å²) in [5.74, 6) is 0.323. The SMILES string of the molecule is CCOP(=O)(OCC)C(Nc1ccc(OC)cc1)C(C)(C)C. The molecule has 22 heavy (non-hydrogen) atoms. The average molecular weight is 329 g/mol. The molecule has 5 nitrogen and oxygen atoms in total. The molecule has 0 saturated carbocycles. The standard InChI is InChI=1S/C16H28NO4P/c1-7-20-22(18,21-8-2)15(16(3,4)5)17-13-9-11-14(19-6)12-10-13/h9-12,15,17H,7-8H2,1-6H3. The Morgan fingerprint density at radius 3 is 1.95 bits per heavy atom. The Kier molecular flexibility index (Phi) is 6.92. The molecule has 1 aromatic rings. The van der Waals surface area contributed by atoms with Crippen LogP contribution in [0.1, 0.15) is 34.6 Å². The molecular weight excluding hydrogens is 301 g/mol. The molecule has 0 bridgehead atoms.